The highest BCUT2D eigenvalue weighted by Gasteiger charge is 2.30. The molecule has 1 saturated heterocycles. The highest BCUT2D eigenvalue weighted by Crippen LogP contribution is 2.21. The molecule has 0 radical (unpaired) electrons. The zero-order chi connectivity index (χ0) is 15.3. The first-order valence-corrected chi connectivity index (χ1v) is 9.76. The Hall–Kier alpha value is -1.23. The van der Waals surface area contributed by atoms with Crippen molar-refractivity contribution in [1.82, 2.24) is 4.90 Å². The molecule has 7 heteroatoms. The van der Waals surface area contributed by atoms with Crippen LogP contribution in [0.4, 0.5) is 0 Å². The molecule has 1 fully saturated rings. The van der Waals surface area contributed by atoms with Crippen LogP contribution in [0.2, 0.25) is 0 Å². The van der Waals surface area contributed by atoms with Crippen LogP contribution < -0.4 is 4.74 Å². The molecule has 1 atom stereocenters. The highest BCUT2D eigenvalue weighted by molar-refractivity contribution is 8.00. The van der Waals surface area contributed by atoms with E-state index < -0.39 is 15.2 Å². The van der Waals surface area contributed by atoms with E-state index in [1.165, 1.54) is 6.26 Å². The van der Waals surface area contributed by atoms with Crippen molar-refractivity contribution in [3.05, 3.63) is 29.8 Å². The second kappa shape index (κ2) is 7.16. The maximum Gasteiger partial charge on any atom is 0.164 e. The van der Waals surface area contributed by atoms with Gasteiger partial charge in [-0.15, -0.1) is 0 Å². The summed E-state index contributed by atoms with van der Waals surface area (Å²) in [6.45, 7) is 1.65. The Kier molecular flexibility index (Phi) is 5.51. The molecule has 21 heavy (non-hydrogen) atoms. The lowest BCUT2D eigenvalue weighted by molar-refractivity contribution is 0.206. The summed E-state index contributed by atoms with van der Waals surface area (Å²) in [5.74, 6) is 2.08. The third-order valence-corrected chi connectivity index (χ3v) is 6.02. The van der Waals surface area contributed by atoms with Crippen LogP contribution in [0.1, 0.15) is 5.56 Å². The molecule has 0 aromatic heterocycles. The lowest BCUT2D eigenvalue weighted by Gasteiger charge is -2.33. The number of sulfone groups is 1. The number of thioether (sulfide) groups is 1. The van der Waals surface area contributed by atoms with Crippen LogP contribution in [-0.4, -0.2) is 56.1 Å². The molecule has 0 saturated carbocycles. The number of ether oxygens (including phenoxy) is 1. The Morgan fingerprint density at radius 2 is 2.24 bits per heavy atom. The standard InChI is InChI=1S/C14H18N2O3S2/c1-21(17,18)14-11-20-9-7-16(14)6-8-19-13-5-3-2-4-12(13)10-15/h2-5,14H,6-9,11H2,1H3. The Bertz CT molecular complexity index is 625. The molecule has 0 bridgehead atoms. The third kappa shape index (κ3) is 4.37. The predicted octanol–water partition coefficient (Wildman–Crippen LogP) is 1.36. The van der Waals surface area contributed by atoms with Crippen molar-refractivity contribution < 1.29 is 13.2 Å². The molecule has 114 valence electrons. The van der Waals surface area contributed by atoms with Crippen LogP contribution in [0.5, 0.6) is 5.75 Å². The maximum absolute atomic E-state index is 11.8. The number of hydrogen-bond acceptors (Lipinski definition) is 6. The summed E-state index contributed by atoms with van der Waals surface area (Å²) in [5, 5.41) is 8.55. The molecule has 0 amide bonds. The average Bonchev–Trinajstić information content (AvgIpc) is 2.47. The van der Waals surface area contributed by atoms with Crippen molar-refractivity contribution >= 4 is 21.6 Å². The lowest BCUT2D eigenvalue weighted by Crippen LogP contribution is -2.48. The summed E-state index contributed by atoms with van der Waals surface area (Å²) >= 11 is 1.66. The molecule has 0 N–H and O–H groups in total. The molecule has 2 rings (SSSR count). The van der Waals surface area contributed by atoms with Crippen molar-refractivity contribution in [2.24, 2.45) is 0 Å². The van der Waals surface area contributed by atoms with E-state index in [0.29, 0.717) is 30.2 Å². The molecular formula is C14H18N2O3S2. The number of nitrogens with zero attached hydrogens (tertiary/aromatic N) is 2. The maximum atomic E-state index is 11.8. The van der Waals surface area contributed by atoms with E-state index >= 15 is 0 Å². The highest BCUT2D eigenvalue weighted by atomic mass is 32.2. The SMILES string of the molecule is CS(=O)(=O)C1CSCCN1CCOc1ccccc1C#N. The quantitative estimate of drug-likeness (QED) is 0.813. The van der Waals surface area contributed by atoms with Gasteiger partial charge in [-0.3, -0.25) is 4.90 Å². The first kappa shape index (κ1) is 16.1. The molecule has 5 nitrogen and oxygen atoms in total. The molecule has 1 heterocycles. The molecule has 1 aromatic carbocycles. The third-order valence-electron chi connectivity index (χ3n) is 3.33. The van der Waals surface area contributed by atoms with E-state index in [-0.39, 0.29) is 0 Å². The molecule has 1 aromatic rings. The predicted molar refractivity (Wildman–Crippen MR) is 84.2 cm³/mol. The summed E-state index contributed by atoms with van der Waals surface area (Å²) in [5.41, 5.74) is 0.492. The fourth-order valence-corrected chi connectivity index (χ4v) is 5.20. The van der Waals surface area contributed by atoms with Gasteiger partial charge in [0.05, 0.1) is 5.56 Å². The largest absolute Gasteiger partial charge is 0.491 e. The first-order chi connectivity index (χ1) is 10.0. The van der Waals surface area contributed by atoms with Gasteiger partial charge in [-0.05, 0) is 12.1 Å². The van der Waals surface area contributed by atoms with Gasteiger partial charge in [0.25, 0.3) is 0 Å². The van der Waals surface area contributed by atoms with Gasteiger partial charge in [0.1, 0.15) is 23.8 Å². The normalized spacial score (nSPS) is 19.9. The van der Waals surface area contributed by atoms with Crippen LogP contribution >= 0.6 is 11.8 Å². The Labute approximate surface area is 129 Å². The van der Waals surface area contributed by atoms with Gasteiger partial charge in [-0.25, -0.2) is 8.42 Å². The second-order valence-corrected chi connectivity index (χ2v) is 8.20. The lowest BCUT2D eigenvalue weighted by atomic mass is 10.2. The fraction of sp³-hybridized carbons (Fsp3) is 0.500. The van der Waals surface area contributed by atoms with Gasteiger partial charge in [-0.2, -0.15) is 17.0 Å². The van der Waals surface area contributed by atoms with Crippen molar-refractivity contribution in [3.63, 3.8) is 0 Å². The zero-order valence-corrected chi connectivity index (χ0v) is 13.5. The van der Waals surface area contributed by atoms with Gasteiger partial charge in [0, 0.05) is 30.9 Å². The summed E-state index contributed by atoms with van der Waals surface area (Å²) in [7, 11) is -3.09. The molecule has 0 spiro atoms. The van der Waals surface area contributed by atoms with Crippen molar-refractivity contribution in [2.75, 3.05) is 37.5 Å². The van der Waals surface area contributed by atoms with Crippen molar-refractivity contribution in [2.45, 2.75) is 5.37 Å². The average molecular weight is 326 g/mol. The zero-order valence-electron chi connectivity index (χ0n) is 11.9. The van der Waals surface area contributed by atoms with E-state index in [2.05, 4.69) is 6.07 Å². The Balaban J connectivity index is 1.94. The van der Waals surface area contributed by atoms with E-state index in [0.717, 1.165) is 12.3 Å². The number of hydrogen-bond donors (Lipinski definition) is 0. The topological polar surface area (TPSA) is 70.4 Å². The summed E-state index contributed by atoms with van der Waals surface area (Å²) < 4.78 is 29.2. The van der Waals surface area contributed by atoms with Crippen molar-refractivity contribution in [3.8, 4) is 11.8 Å². The van der Waals surface area contributed by atoms with E-state index in [4.69, 9.17) is 10.00 Å². The minimum atomic E-state index is -3.09. The molecule has 1 aliphatic heterocycles. The number of rotatable bonds is 5. The first-order valence-electron chi connectivity index (χ1n) is 6.65. The second-order valence-electron chi connectivity index (χ2n) is 4.85. The van der Waals surface area contributed by atoms with E-state index in [1.807, 2.05) is 11.0 Å². The number of nitriles is 1. The van der Waals surface area contributed by atoms with Gasteiger partial charge in [0.2, 0.25) is 0 Å². The smallest absolute Gasteiger partial charge is 0.164 e. The van der Waals surface area contributed by atoms with Crippen LogP contribution in [0.25, 0.3) is 0 Å². The van der Waals surface area contributed by atoms with E-state index in [9.17, 15) is 8.42 Å². The monoisotopic (exact) mass is 326 g/mol. The molecule has 0 aliphatic carbocycles. The summed E-state index contributed by atoms with van der Waals surface area (Å²) in [6.07, 6.45) is 1.28. The summed E-state index contributed by atoms with van der Waals surface area (Å²) in [4.78, 5) is 1.95. The minimum absolute atomic E-state index is 0.370. The molecule has 1 aliphatic rings. The minimum Gasteiger partial charge on any atom is -0.491 e. The molecular weight excluding hydrogens is 308 g/mol. The van der Waals surface area contributed by atoms with Crippen LogP contribution in [-0.2, 0) is 9.84 Å². The van der Waals surface area contributed by atoms with Gasteiger partial charge < -0.3 is 4.74 Å². The summed E-state index contributed by atoms with van der Waals surface area (Å²) in [6, 6.07) is 9.13. The van der Waals surface area contributed by atoms with Crippen molar-refractivity contribution in [1.29, 1.82) is 5.26 Å². The Morgan fingerprint density at radius 1 is 1.48 bits per heavy atom. The number of para-hydroxylation sites is 1. The van der Waals surface area contributed by atoms with Crippen LogP contribution in [0.3, 0.4) is 0 Å². The van der Waals surface area contributed by atoms with Gasteiger partial charge in [0.15, 0.2) is 9.84 Å². The van der Waals surface area contributed by atoms with E-state index in [1.54, 1.807) is 30.0 Å². The van der Waals surface area contributed by atoms with Crippen LogP contribution in [0, 0.1) is 11.3 Å². The molecule has 1 unspecified atom stereocenters. The Morgan fingerprint density at radius 3 is 2.95 bits per heavy atom. The van der Waals surface area contributed by atoms with Gasteiger partial charge in [-0.1, -0.05) is 12.1 Å². The fourth-order valence-electron chi connectivity index (χ4n) is 2.22. The number of benzene rings is 1. The van der Waals surface area contributed by atoms with Gasteiger partial charge >= 0.3 is 0 Å². The van der Waals surface area contributed by atoms with Crippen LogP contribution in [0.15, 0.2) is 24.3 Å².